The number of hydrogen-bond donors (Lipinski definition) is 1. The quantitative estimate of drug-likeness (QED) is 0.527. The number of ether oxygens (including phenoxy) is 3. The lowest BCUT2D eigenvalue weighted by Gasteiger charge is -2.32. The number of benzene rings is 3. The van der Waals surface area contributed by atoms with Gasteiger partial charge in [-0.05, 0) is 85.7 Å². The number of nitrogens with zero attached hydrogens (tertiary/aromatic N) is 1. The third-order valence-electron chi connectivity index (χ3n) is 7.14. The summed E-state index contributed by atoms with van der Waals surface area (Å²) in [6, 6.07) is 19.1. The van der Waals surface area contributed by atoms with Crippen molar-refractivity contribution in [3.05, 3.63) is 82.9 Å². The molecule has 3 aromatic rings. The van der Waals surface area contributed by atoms with Gasteiger partial charge in [-0.3, -0.25) is 9.59 Å². The molecular formula is C30H32N2O5. The number of likely N-dealkylation sites (tertiary alicyclic amines) is 1. The van der Waals surface area contributed by atoms with Gasteiger partial charge in [0.1, 0.15) is 12.4 Å². The van der Waals surface area contributed by atoms with Crippen LogP contribution in [0.15, 0.2) is 60.7 Å². The summed E-state index contributed by atoms with van der Waals surface area (Å²) in [6.07, 6.45) is 1.10. The molecule has 1 fully saturated rings. The Morgan fingerprint density at radius 1 is 0.946 bits per heavy atom. The molecule has 7 nitrogen and oxygen atoms in total. The normalized spacial score (nSPS) is 17.3. The summed E-state index contributed by atoms with van der Waals surface area (Å²) >= 11 is 0. The predicted octanol–water partition coefficient (Wildman–Crippen LogP) is 5.11. The van der Waals surface area contributed by atoms with E-state index in [1.54, 1.807) is 13.2 Å². The van der Waals surface area contributed by atoms with Crippen molar-refractivity contribution in [2.75, 3.05) is 32.1 Å². The number of para-hydroxylation sites is 2. The Morgan fingerprint density at radius 2 is 1.59 bits per heavy atom. The van der Waals surface area contributed by atoms with Crippen LogP contribution in [0.5, 0.6) is 17.2 Å². The maximum absolute atomic E-state index is 13.1. The van der Waals surface area contributed by atoms with Gasteiger partial charge in [-0.1, -0.05) is 24.3 Å². The van der Waals surface area contributed by atoms with Crippen LogP contribution in [-0.4, -0.2) is 49.6 Å². The molecule has 0 aliphatic carbocycles. The first-order valence-corrected chi connectivity index (χ1v) is 12.7. The number of nitrogens with one attached hydrogen (secondary N) is 1. The number of piperidine rings is 1. The maximum Gasteiger partial charge on any atom is 0.269 e. The molecule has 192 valence electrons. The fraction of sp³-hybridized carbons (Fsp3) is 0.333. The Hall–Kier alpha value is -4.00. The van der Waals surface area contributed by atoms with Gasteiger partial charge in [0.05, 0.1) is 7.11 Å². The summed E-state index contributed by atoms with van der Waals surface area (Å²) in [5.74, 6) is 2.27. The molecule has 1 N–H and O–H groups in total. The second-order valence-corrected chi connectivity index (χ2v) is 9.69. The Kier molecular flexibility index (Phi) is 7.04. The van der Waals surface area contributed by atoms with E-state index in [1.165, 1.54) is 5.56 Å². The zero-order valence-corrected chi connectivity index (χ0v) is 21.5. The highest BCUT2D eigenvalue weighted by Gasteiger charge is 2.28. The van der Waals surface area contributed by atoms with Crippen molar-refractivity contribution in [1.29, 1.82) is 0 Å². The molecule has 1 atom stereocenters. The van der Waals surface area contributed by atoms with Crippen molar-refractivity contribution < 1.29 is 23.8 Å². The first-order chi connectivity index (χ1) is 17.9. The standard InChI is InChI=1S/C30H32N2O5/c1-19-16-23(17-20(2)28(19)35-3)30(34)32-14-12-22(13-15-32)21-8-10-24(11-9-21)31-29(33)27-18-36-25-6-4-5-7-26(25)37-27/h4-11,16-17,22,27H,12-15,18H2,1-3H3,(H,31,33). The SMILES string of the molecule is COc1c(C)cc(C(=O)N2CCC(c3ccc(NC(=O)C4COc5ccccc5O4)cc3)CC2)cc1C. The second-order valence-electron chi connectivity index (χ2n) is 9.69. The van der Waals surface area contributed by atoms with Gasteiger partial charge in [-0.15, -0.1) is 0 Å². The first kappa shape index (κ1) is 24.7. The van der Waals surface area contributed by atoms with E-state index in [9.17, 15) is 9.59 Å². The van der Waals surface area contributed by atoms with Crippen LogP contribution in [0.3, 0.4) is 0 Å². The number of amides is 2. The lowest BCUT2D eigenvalue weighted by Crippen LogP contribution is -2.40. The van der Waals surface area contributed by atoms with Crippen LogP contribution in [0.4, 0.5) is 5.69 Å². The van der Waals surface area contributed by atoms with Gasteiger partial charge in [0, 0.05) is 24.3 Å². The molecule has 0 bridgehead atoms. The van der Waals surface area contributed by atoms with E-state index in [1.807, 2.05) is 61.2 Å². The molecule has 7 heteroatoms. The number of carbonyl (C=O) groups excluding carboxylic acids is 2. The van der Waals surface area contributed by atoms with Crippen LogP contribution in [0.25, 0.3) is 0 Å². The molecule has 2 aliphatic heterocycles. The number of methoxy groups -OCH3 is 1. The minimum Gasteiger partial charge on any atom is -0.496 e. The van der Waals surface area contributed by atoms with Gasteiger partial charge < -0.3 is 24.4 Å². The van der Waals surface area contributed by atoms with Gasteiger partial charge >= 0.3 is 0 Å². The van der Waals surface area contributed by atoms with Gasteiger partial charge in [0.2, 0.25) is 6.10 Å². The molecule has 0 aromatic heterocycles. The number of aryl methyl sites for hydroxylation is 2. The van der Waals surface area contributed by atoms with Crippen LogP contribution in [0.1, 0.15) is 45.8 Å². The largest absolute Gasteiger partial charge is 0.496 e. The first-order valence-electron chi connectivity index (χ1n) is 12.7. The van der Waals surface area contributed by atoms with Crippen LogP contribution in [0, 0.1) is 13.8 Å². The molecule has 3 aromatic carbocycles. The van der Waals surface area contributed by atoms with Crippen molar-refractivity contribution >= 4 is 17.5 Å². The molecule has 1 unspecified atom stereocenters. The van der Waals surface area contributed by atoms with E-state index in [0.717, 1.165) is 29.7 Å². The Morgan fingerprint density at radius 3 is 2.24 bits per heavy atom. The molecule has 37 heavy (non-hydrogen) atoms. The molecule has 5 rings (SSSR count). The van der Waals surface area contributed by atoms with Crippen LogP contribution in [-0.2, 0) is 4.79 Å². The second kappa shape index (κ2) is 10.5. The third-order valence-corrected chi connectivity index (χ3v) is 7.14. The Labute approximate surface area is 217 Å². The molecular weight excluding hydrogens is 468 g/mol. The summed E-state index contributed by atoms with van der Waals surface area (Å²) in [5, 5.41) is 2.92. The highest BCUT2D eigenvalue weighted by molar-refractivity contribution is 5.95. The molecule has 0 radical (unpaired) electrons. The van der Waals surface area contributed by atoms with Gasteiger partial charge in [-0.25, -0.2) is 0 Å². The molecule has 2 aliphatic rings. The fourth-order valence-electron chi connectivity index (χ4n) is 5.20. The van der Waals surface area contributed by atoms with E-state index >= 15 is 0 Å². The van der Waals surface area contributed by atoms with Gasteiger partial charge in [0.15, 0.2) is 11.5 Å². The monoisotopic (exact) mass is 500 g/mol. The number of hydrogen-bond acceptors (Lipinski definition) is 5. The van der Waals surface area contributed by atoms with Crippen LogP contribution in [0.2, 0.25) is 0 Å². The molecule has 0 spiro atoms. The van der Waals surface area contributed by atoms with Crippen LogP contribution >= 0.6 is 0 Å². The highest BCUT2D eigenvalue weighted by atomic mass is 16.6. The van der Waals surface area contributed by atoms with Gasteiger partial charge in [-0.2, -0.15) is 0 Å². The van der Waals surface area contributed by atoms with Crippen molar-refractivity contribution in [2.24, 2.45) is 0 Å². The number of fused-ring (bicyclic) bond motifs is 1. The minimum absolute atomic E-state index is 0.0712. The third kappa shape index (κ3) is 5.26. The average molecular weight is 501 g/mol. The lowest BCUT2D eigenvalue weighted by molar-refractivity contribution is -0.125. The van der Waals surface area contributed by atoms with Crippen molar-refractivity contribution in [3.63, 3.8) is 0 Å². The molecule has 0 saturated carbocycles. The minimum atomic E-state index is -0.699. The molecule has 2 amide bonds. The smallest absolute Gasteiger partial charge is 0.269 e. The number of anilines is 1. The highest BCUT2D eigenvalue weighted by Crippen LogP contribution is 2.32. The Balaban J connectivity index is 1.15. The predicted molar refractivity (Wildman–Crippen MR) is 142 cm³/mol. The summed E-state index contributed by atoms with van der Waals surface area (Å²) in [6.45, 7) is 5.54. The topological polar surface area (TPSA) is 77.1 Å². The summed E-state index contributed by atoms with van der Waals surface area (Å²) in [4.78, 5) is 27.8. The van der Waals surface area contributed by atoms with Gasteiger partial charge in [0.25, 0.3) is 11.8 Å². The number of rotatable bonds is 5. The van der Waals surface area contributed by atoms with E-state index in [-0.39, 0.29) is 18.4 Å². The Bertz CT molecular complexity index is 1270. The van der Waals surface area contributed by atoms with E-state index < -0.39 is 6.10 Å². The fourth-order valence-corrected chi connectivity index (χ4v) is 5.20. The summed E-state index contributed by atoms with van der Waals surface area (Å²) in [5.41, 5.74) is 4.59. The molecule has 2 heterocycles. The van der Waals surface area contributed by atoms with E-state index in [2.05, 4.69) is 17.4 Å². The van der Waals surface area contributed by atoms with E-state index in [4.69, 9.17) is 14.2 Å². The molecule has 1 saturated heterocycles. The summed E-state index contributed by atoms with van der Waals surface area (Å²) in [7, 11) is 1.65. The zero-order valence-electron chi connectivity index (χ0n) is 21.5. The lowest BCUT2D eigenvalue weighted by atomic mass is 9.89. The van der Waals surface area contributed by atoms with Crippen molar-refractivity contribution in [2.45, 2.75) is 38.7 Å². The summed E-state index contributed by atoms with van der Waals surface area (Å²) < 4.78 is 16.9. The van der Waals surface area contributed by atoms with Crippen LogP contribution < -0.4 is 19.5 Å². The zero-order chi connectivity index (χ0) is 25.9. The maximum atomic E-state index is 13.1. The number of carbonyl (C=O) groups is 2. The van der Waals surface area contributed by atoms with Crippen molar-refractivity contribution in [3.8, 4) is 17.2 Å². The van der Waals surface area contributed by atoms with Crippen molar-refractivity contribution in [1.82, 2.24) is 4.90 Å². The average Bonchev–Trinajstić information content (AvgIpc) is 2.92. The van der Waals surface area contributed by atoms with E-state index in [0.29, 0.717) is 41.8 Å².